The van der Waals surface area contributed by atoms with E-state index < -0.39 is 6.10 Å². The van der Waals surface area contributed by atoms with Crippen molar-refractivity contribution in [3.63, 3.8) is 0 Å². The lowest BCUT2D eigenvalue weighted by Crippen LogP contribution is -2.53. The second-order valence-electron chi connectivity index (χ2n) is 8.16. The Kier molecular flexibility index (Phi) is 5.34. The number of piperidine rings is 1. The van der Waals surface area contributed by atoms with Crippen LogP contribution >= 0.6 is 0 Å². The van der Waals surface area contributed by atoms with Gasteiger partial charge in [-0.15, -0.1) is 0 Å². The summed E-state index contributed by atoms with van der Waals surface area (Å²) in [6.07, 6.45) is 3.71. The average molecular weight is 432 g/mol. The van der Waals surface area contributed by atoms with Crippen molar-refractivity contribution in [1.82, 2.24) is 14.5 Å². The predicted octanol–water partition coefficient (Wildman–Crippen LogP) is 2.20. The fraction of sp³-hybridized carbons (Fsp3) is 0.333. The molecule has 2 aliphatic rings. The van der Waals surface area contributed by atoms with Gasteiger partial charge in [0.2, 0.25) is 5.91 Å². The molecule has 0 bridgehead atoms. The molecule has 32 heavy (non-hydrogen) atoms. The highest BCUT2D eigenvalue weighted by Gasteiger charge is 2.36. The van der Waals surface area contributed by atoms with Crippen molar-refractivity contribution >= 4 is 28.4 Å². The summed E-state index contributed by atoms with van der Waals surface area (Å²) in [5.41, 5.74) is 0.915. The molecule has 1 aromatic heterocycles. The number of benzene rings is 2. The number of fused-ring (bicyclic) bond motifs is 2. The quantitative estimate of drug-likeness (QED) is 0.634. The minimum absolute atomic E-state index is 0.0958. The predicted molar refractivity (Wildman–Crippen MR) is 120 cm³/mol. The highest BCUT2D eigenvalue weighted by Crippen LogP contribution is 2.34. The normalized spacial score (nSPS) is 18.2. The van der Waals surface area contributed by atoms with Gasteiger partial charge in [0.25, 0.3) is 11.5 Å². The molecule has 2 aliphatic heterocycles. The fourth-order valence-electron chi connectivity index (χ4n) is 4.37. The maximum Gasteiger partial charge on any atom is 0.265 e. The van der Waals surface area contributed by atoms with Crippen molar-refractivity contribution in [2.75, 3.05) is 24.5 Å². The summed E-state index contributed by atoms with van der Waals surface area (Å²) in [5, 5.41) is 0.461. The molecule has 2 aromatic carbocycles. The maximum atomic E-state index is 13.3. The molecular formula is C24H24N4O4. The highest BCUT2D eigenvalue weighted by atomic mass is 16.5. The molecule has 0 unspecified atom stereocenters. The Hall–Kier alpha value is -3.68. The smallest absolute Gasteiger partial charge is 0.265 e. The molecule has 0 saturated carbocycles. The van der Waals surface area contributed by atoms with Crippen molar-refractivity contribution in [2.45, 2.75) is 31.9 Å². The van der Waals surface area contributed by atoms with Gasteiger partial charge in [0.15, 0.2) is 6.10 Å². The van der Waals surface area contributed by atoms with Gasteiger partial charge in [0, 0.05) is 13.1 Å². The largest absolute Gasteiger partial charge is 0.476 e. The van der Waals surface area contributed by atoms with Gasteiger partial charge >= 0.3 is 0 Å². The number of likely N-dealkylation sites (tertiary alicyclic amines) is 1. The number of para-hydroxylation sites is 3. The Morgan fingerprint density at radius 3 is 2.59 bits per heavy atom. The molecule has 3 heterocycles. The zero-order valence-corrected chi connectivity index (χ0v) is 17.6. The lowest BCUT2D eigenvalue weighted by Gasteiger charge is -2.37. The summed E-state index contributed by atoms with van der Waals surface area (Å²) in [6.45, 7) is 1.37. The van der Waals surface area contributed by atoms with E-state index in [1.165, 1.54) is 10.9 Å². The van der Waals surface area contributed by atoms with E-state index in [2.05, 4.69) is 4.98 Å². The van der Waals surface area contributed by atoms with E-state index in [1.807, 2.05) is 23.1 Å². The van der Waals surface area contributed by atoms with Crippen LogP contribution in [0.5, 0.6) is 5.75 Å². The van der Waals surface area contributed by atoms with Gasteiger partial charge in [0.1, 0.15) is 12.3 Å². The molecule has 8 heteroatoms. The molecule has 2 amide bonds. The second kappa shape index (κ2) is 8.45. The van der Waals surface area contributed by atoms with Crippen LogP contribution < -0.4 is 15.2 Å². The number of rotatable bonds is 3. The first-order valence-corrected chi connectivity index (χ1v) is 10.9. The number of anilines is 1. The van der Waals surface area contributed by atoms with E-state index >= 15 is 0 Å². The summed E-state index contributed by atoms with van der Waals surface area (Å²) >= 11 is 0. The molecule has 0 N–H and O–H groups in total. The zero-order valence-electron chi connectivity index (χ0n) is 17.6. The average Bonchev–Trinajstić information content (AvgIpc) is 2.85. The van der Waals surface area contributed by atoms with Gasteiger partial charge in [-0.05, 0) is 43.5 Å². The van der Waals surface area contributed by atoms with E-state index in [0.717, 1.165) is 19.3 Å². The maximum absolute atomic E-state index is 13.3. The topological polar surface area (TPSA) is 84.7 Å². The molecule has 0 aliphatic carbocycles. The monoisotopic (exact) mass is 432 g/mol. The lowest BCUT2D eigenvalue weighted by molar-refractivity contribution is -0.139. The molecule has 8 nitrogen and oxygen atoms in total. The van der Waals surface area contributed by atoms with Gasteiger partial charge in [-0.1, -0.05) is 24.3 Å². The summed E-state index contributed by atoms with van der Waals surface area (Å²) in [6, 6.07) is 14.2. The lowest BCUT2D eigenvalue weighted by atomic mass is 10.1. The van der Waals surface area contributed by atoms with Gasteiger partial charge in [-0.3, -0.25) is 19.0 Å². The van der Waals surface area contributed by atoms with Gasteiger partial charge in [-0.25, -0.2) is 4.98 Å². The number of hydrogen-bond donors (Lipinski definition) is 0. The number of nitrogens with zero attached hydrogens (tertiary/aromatic N) is 4. The van der Waals surface area contributed by atoms with E-state index in [-0.39, 0.29) is 30.5 Å². The molecular weight excluding hydrogens is 408 g/mol. The summed E-state index contributed by atoms with van der Waals surface area (Å²) in [5.74, 6) is 0.101. The third kappa shape index (κ3) is 3.72. The standard InChI is InChI=1S/C24H24N4O4/c29-22(15-27-16-25-18-9-3-2-8-17(18)23(27)30)28-14-21(24(31)26-12-6-1-7-13-26)32-20-11-5-4-10-19(20)28/h2-5,8-11,16,21H,1,6-7,12-15H2/t21-/m0/s1. The third-order valence-corrected chi connectivity index (χ3v) is 6.06. The Bertz CT molecular complexity index is 1230. The second-order valence-corrected chi connectivity index (χ2v) is 8.16. The Balaban J connectivity index is 1.42. The number of carbonyl (C=O) groups is 2. The van der Waals surface area contributed by atoms with Crippen molar-refractivity contribution in [2.24, 2.45) is 0 Å². The highest BCUT2D eigenvalue weighted by molar-refractivity contribution is 5.97. The van der Waals surface area contributed by atoms with Crippen molar-refractivity contribution in [3.05, 3.63) is 65.2 Å². The minimum atomic E-state index is -0.765. The summed E-state index contributed by atoms with van der Waals surface area (Å²) < 4.78 is 7.30. The Morgan fingerprint density at radius 2 is 1.75 bits per heavy atom. The van der Waals surface area contributed by atoms with Crippen LogP contribution in [0.3, 0.4) is 0 Å². The van der Waals surface area contributed by atoms with E-state index in [0.29, 0.717) is 35.4 Å². The van der Waals surface area contributed by atoms with E-state index in [1.54, 1.807) is 35.2 Å². The molecule has 3 aromatic rings. The van der Waals surface area contributed by atoms with Crippen LogP contribution in [0.2, 0.25) is 0 Å². The van der Waals surface area contributed by atoms with E-state index in [4.69, 9.17) is 4.74 Å². The van der Waals surface area contributed by atoms with Crippen LogP contribution in [-0.2, 0) is 16.1 Å². The van der Waals surface area contributed by atoms with Crippen LogP contribution in [0.15, 0.2) is 59.7 Å². The Labute approximate surface area is 185 Å². The SMILES string of the molecule is O=C([C@@H]1CN(C(=O)Cn2cnc3ccccc3c2=O)c2ccccc2O1)N1CCCCC1. The first-order valence-electron chi connectivity index (χ1n) is 10.9. The summed E-state index contributed by atoms with van der Waals surface area (Å²) in [7, 11) is 0. The van der Waals surface area contributed by atoms with Crippen LogP contribution in [-0.4, -0.2) is 52.0 Å². The minimum Gasteiger partial charge on any atom is -0.476 e. The van der Waals surface area contributed by atoms with Crippen molar-refractivity contribution < 1.29 is 14.3 Å². The number of aromatic nitrogens is 2. The van der Waals surface area contributed by atoms with E-state index in [9.17, 15) is 14.4 Å². The molecule has 1 saturated heterocycles. The third-order valence-electron chi connectivity index (χ3n) is 6.06. The van der Waals surface area contributed by atoms with Crippen molar-refractivity contribution in [1.29, 1.82) is 0 Å². The molecule has 5 rings (SSSR count). The van der Waals surface area contributed by atoms with Gasteiger partial charge < -0.3 is 14.5 Å². The molecule has 1 fully saturated rings. The first kappa shape index (κ1) is 20.2. The Morgan fingerprint density at radius 1 is 1.00 bits per heavy atom. The summed E-state index contributed by atoms with van der Waals surface area (Å²) in [4.78, 5) is 46.9. The zero-order chi connectivity index (χ0) is 22.1. The van der Waals surface area contributed by atoms with Crippen LogP contribution in [0.25, 0.3) is 10.9 Å². The fourth-order valence-corrected chi connectivity index (χ4v) is 4.37. The molecule has 164 valence electrons. The van der Waals surface area contributed by atoms with Gasteiger partial charge in [0.05, 0.1) is 29.5 Å². The molecule has 0 spiro atoms. The van der Waals surface area contributed by atoms with Crippen LogP contribution in [0, 0.1) is 0 Å². The first-order chi connectivity index (χ1) is 15.6. The molecule has 0 radical (unpaired) electrons. The number of hydrogen-bond acceptors (Lipinski definition) is 5. The number of amides is 2. The molecule has 1 atom stereocenters. The van der Waals surface area contributed by atoms with Crippen molar-refractivity contribution in [3.8, 4) is 5.75 Å². The van der Waals surface area contributed by atoms with Crippen LogP contribution in [0.4, 0.5) is 5.69 Å². The number of ether oxygens (including phenoxy) is 1. The number of carbonyl (C=O) groups excluding carboxylic acids is 2. The van der Waals surface area contributed by atoms with Gasteiger partial charge in [-0.2, -0.15) is 0 Å². The van der Waals surface area contributed by atoms with Crippen LogP contribution in [0.1, 0.15) is 19.3 Å².